The number of aromatic nitrogens is 1. The molecule has 2 atom stereocenters. The molecule has 1 amide bonds. The topological polar surface area (TPSA) is 99.3 Å². The van der Waals surface area contributed by atoms with Crippen LogP contribution < -0.4 is 10.9 Å². The second-order valence-corrected chi connectivity index (χ2v) is 4.46. The first-order valence-electron chi connectivity index (χ1n) is 5.78. The summed E-state index contributed by atoms with van der Waals surface area (Å²) in [5, 5.41) is 11.6. The van der Waals surface area contributed by atoms with Gasteiger partial charge in [0.1, 0.15) is 0 Å². The van der Waals surface area contributed by atoms with Crippen molar-refractivity contribution in [3.8, 4) is 0 Å². The Kier molecular flexibility index (Phi) is 3.45. The molecule has 6 nitrogen and oxygen atoms in total. The standard InChI is InChI=1S/C12H14N2O4/c15-10-4-2-8(6-13-10)11(16)14-9-3-1-7(5-9)12(17)18/h2,4,6-7,9H,1,3,5H2,(H,13,15)(H,14,16)(H,17,18)/t7-,9+/m1/s1. The van der Waals surface area contributed by atoms with E-state index in [1.54, 1.807) is 0 Å². The molecule has 0 bridgehead atoms. The summed E-state index contributed by atoms with van der Waals surface area (Å²) in [7, 11) is 0. The zero-order valence-electron chi connectivity index (χ0n) is 9.68. The highest BCUT2D eigenvalue weighted by Crippen LogP contribution is 2.25. The Bertz CT molecular complexity index is 503. The van der Waals surface area contributed by atoms with E-state index in [0.29, 0.717) is 24.8 Å². The Balaban J connectivity index is 1.94. The number of carbonyl (C=O) groups excluding carboxylic acids is 1. The van der Waals surface area contributed by atoms with Crippen molar-refractivity contribution in [2.45, 2.75) is 25.3 Å². The van der Waals surface area contributed by atoms with Crippen LogP contribution in [0.1, 0.15) is 29.6 Å². The normalized spacial score (nSPS) is 22.7. The number of nitrogens with one attached hydrogen (secondary N) is 2. The molecule has 1 aromatic heterocycles. The molecule has 1 fully saturated rings. The third-order valence-corrected chi connectivity index (χ3v) is 3.16. The Hall–Kier alpha value is -2.11. The van der Waals surface area contributed by atoms with Gasteiger partial charge in [0.15, 0.2) is 0 Å². The van der Waals surface area contributed by atoms with Gasteiger partial charge in [-0.2, -0.15) is 0 Å². The molecular formula is C12H14N2O4. The van der Waals surface area contributed by atoms with Gasteiger partial charge in [-0.15, -0.1) is 0 Å². The Morgan fingerprint density at radius 2 is 2.11 bits per heavy atom. The number of carbonyl (C=O) groups is 2. The van der Waals surface area contributed by atoms with Gasteiger partial charge < -0.3 is 15.4 Å². The molecule has 1 heterocycles. The van der Waals surface area contributed by atoms with E-state index in [4.69, 9.17) is 5.11 Å². The fourth-order valence-electron chi connectivity index (χ4n) is 2.16. The molecule has 1 aromatic rings. The van der Waals surface area contributed by atoms with E-state index in [1.807, 2.05) is 0 Å². The van der Waals surface area contributed by atoms with Gasteiger partial charge >= 0.3 is 5.97 Å². The van der Waals surface area contributed by atoms with E-state index in [1.165, 1.54) is 18.3 Å². The highest BCUT2D eigenvalue weighted by molar-refractivity contribution is 5.94. The molecule has 0 unspecified atom stereocenters. The van der Waals surface area contributed by atoms with Crippen LogP contribution in [0.25, 0.3) is 0 Å². The molecular weight excluding hydrogens is 236 g/mol. The Labute approximate surface area is 103 Å². The third kappa shape index (κ3) is 2.77. The molecule has 6 heteroatoms. The molecule has 0 spiro atoms. The number of carboxylic acids is 1. The lowest BCUT2D eigenvalue weighted by atomic mass is 10.1. The highest BCUT2D eigenvalue weighted by Gasteiger charge is 2.30. The van der Waals surface area contributed by atoms with Crippen LogP contribution in [0.4, 0.5) is 0 Å². The SMILES string of the molecule is O=C(N[C@H]1CC[C@@H](C(=O)O)C1)c1ccc(=O)[nH]c1. The summed E-state index contributed by atoms with van der Waals surface area (Å²) in [6, 6.07) is 2.62. The lowest BCUT2D eigenvalue weighted by Crippen LogP contribution is -2.33. The van der Waals surface area contributed by atoms with Crippen LogP contribution in [-0.2, 0) is 4.79 Å². The first-order valence-corrected chi connectivity index (χ1v) is 5.78. The van der Waals surface area contributed by atoms with Crippen molar-refractivity contribution in [2.75, 3.05) is 0 Å². The first kappa shape index (κ1) is 12.3. The molecule has 0 aliphatic heterocycles. The van der Waals surface area contributed by atoms with Crippen LogP contribution >= 0.6 is 0 Å². The maximum Gasteiger partial charge on any atom is 0.306 e. The van der Waals surface area contributed by atoms with Crippen molar-refractivity contribution in [2.24, 2.45) is 5.92 Å². The number of hydrogen-bond acceptors (Lipinski definition) is 3. The van der Waals surface area contributed by atoms with Crippen LogP contribution in [0, 0.1) is 5.92 Å². The summed E-state index contributed by atoms with van der Waals surface area (Å²) in [4.78, 5) is 35.9. The summed E-state index contributed by atoms with van der Waals surface area (Å²) in [6.45, 7) is 0. The van der Waals surface area contributed by atoms with Crippen molar-refractivity contribution in [1.82, 2.24) is 10.3 Å². The predicted molar refractivity (Wildman–Crippen MR) is 63.3 cm³/mol. The van der Waals surface area contributed by atoms with Gasteiger partial charge in [0.2, 0.25) is 5.56 Å². The molecule has 96 valence electrons. The van der Waals surface area contributed by atoms with Crippen LogP contribution in [-0.4, -0.2) is 28.0 Å². The zero-order valence-corrected chi connectivity index (χ0v) is 9.68. The molecule has 2 rings (SSSR count). The van der Waals surface area contributed by atoms with Gasteiger partial charge in [-0.25, -0.2) is 0 Å². The number of amides is 1. The summed E-state index contributed by atoms with van der Waals surface area (Å²) in [5.74, 6) is -1.47. The highest BCUT2D eigenvalue weighted by atomic mass is 16.4. The van der Waals surface area contributed by atoms with E-state index in [-0.39, 0.29) is 23.4 Å². The van der Waals surface area contributed by atoms with Gasteiger partial charge in [0, 0.05) is 18.3 Å². The van der Waals surface area contributed by atoms with Crippen LogP contribution in [0.5, 0.6) is 0 Å². The minimum Gasteiger partial charge on any atom is -0.481 e. The second kappa shape index (κ2) is 5.03. The number of rotatable bonds is 3. The van der Waals surface area contributed by atoms with Crippen molar-refractivity contribution in [3.63, 3.8) is 0 Å². The summed E-state index contributed by atoms with van der Waals surface area (Å²) >= 11 is 0. The van der Waals surface area contributed by atoms with Gasteiger partial charge in [0.25, 0.3) is 5.91 Å². The monoisotopic (exact) mass is 250 g/mol. The van der Waals surface area contributed by atoms with E-state index >= 15 is 0 Å². The predicted octanol–water partition coefficient (Wildman–Crippen LogP) is 0.358. The van der Waals surface area contributed by atoms with E-state index in [9.17, 15) is 14.4 Å². The van der Waals surface area contributed by atoms with Crippen LogP contribution in [0.3, 0.4) is 0 Å². The largest absolute Gasteiger partial charge is 0.481 e. The average molecular weight is 250 g/mol. The molecule has 0 saturated heterocycles. The lowest BCUT2D eigenvalue weighted by Gasteiger charge is -2.12. The van der Waals surface area contributed by atoms with E-state index in [0.717, 1.165) is 0 Å². The zero-order chi connectivity index (χ0) is 13.1. The summed E-state index contributed by atoms with van der Waals surface area (Å²) in [5.41, 5.74) is 0.103. The summed E-state index contributed by atoms with van der Waals surface area (Å²) in [6.07, 6.45) is 3.07. The number of hydrogen-bond donors (Lipinski definition) is 3. The number of carboxylic acid groups (broad SMARTS) is 1. The molecule has 0 radical (unpaired) electrons. The fraction of sp³-hybridized carbons (Fsp3) is 0.417. The number of H-pyrrole nitrogens is 1. The number of pyridine rings is 1. The average Bonchev–Trinajstić information content (AvgIpc) is 2.78. The maximum absolute atomic E-state index is 11.8. The minimum absolute atomic E-state index is 0.106. The molecule has 18 heavy (non-hydrogen) atoms. The first-order chi connectivity index (χ1) is 8.56. The quantitative estimate of drug-likeness (QED) is 0.721. The Morgan fingerprint density at radius 3 is 2.67 bits per heavy atom. The summed E-state index contributed by atoms with van der Waals surface area (Å²) < 4.78 is 0. The van der Waals surface area contributed by atoms with E-state index in [2.05, 4.69) is 10.3 Å². The van der Waals surface area contributed by atoms with Crippen molar-refractivity contribution >= 4 is 11.9 Å². The van der Waals surface area contributed by atoms with Crippen LogP contribution in [0.2, 0.25) is 0 Å². The Morgan fingerprint density at radius 1 is 1.33 bits per heavy atom. The molecule has 0 aromatic carbocycles. The fourth-order valence-corrected chi connectivity index (χ4v) is 2.16. The van der Waals surface area contributed by atoms with Gasteiger partial charge in [-0.3, -0.25) is 14.4 Å². The number of aromatic amines is 1. The molecule has 3 N–H and O–H groups in total. The van der Waals surface area contributed by atoms with Crippen LogP contribution in [0.15, 0.2) is 23.1 Å². The van der Waals surface area contributed by atoms with Gasteiger partial charge in [-0.05, 0) is 25.3 Å². The second-order valence-electron chi connectivity index (χ2n) is 4.46. The third-order valence-electron chi connectivity index (χ3n) is 3.16. The molecule has 1 aliphatic rings. The van der Waals surface area contributed by atoms with E-state index < -0.39 is 5.97 Å². The van der Waals surface area contributed by atoms with Crippen molar-refractivity contribution in [1.29, 1.82) is 0 Å². The minimum atomic E-state index is -0.809. The van der Waals surface area contributed by atoms with Gasteiger partial charge in [0.05, 0.1) is 11.5 Å². The smallest absolute Gasteiger partial charge is 0.306 e. The van der Waals surface area contributed by atoms with Crippen molar-refractivity contribution in [3.05, 3.63) is 34.2 Å². The van der Waals surface area contributed by atoms with Crippen molar-refractivity contribution < 1.29 is 14.7 Å². The maximum atomic E-state index is 11.8. The molecule has 1 aliphatic carbocycles. The molecule has 1 saturated carbocycles. The lowest BCUT2D eigenvalue weighted by molar-refractivity contribution is -0.141. The number of aliphatic carboxylic acids is 1. The van der Waals surface area contributed by atoms with Gasteiger partial charge in [-0.1, -0.05) is 0 Å².